The Morgan fingerprint density at radius 1 is 1.18 bits per heavy atom. The zero-order chi connectivity index (χ0) is 16.1. The smallest absolute Gasteiger partial charge is 0.301 e. The number of nitrogen functional groups attached to an aromatic ring is 1. The monoisotopic (exact) mass is 345 g/mol. The van der Waals surface area contributed by atoms with Crippen LogP contribution in [0, 0.1) is 0 Å². The lowest BCUT2D eigenvalue weighted by Gasteiger charge is -2.06. The number of benzene rings is 1. The SMILES string of the molecule is Nc1nc(SCCC(F)=C(F)F)ncc1-c1ccc(Cl)cc1. The molecule has 0 aliphatic heterocycles. The number of thioether (sulfide) groups is 1. The lowest BCUT2D eigenvalue weighted by molar-refractivity contribution is 0.373. The van der Waals surface area contributed by atoms with Crippen LogP contribution in [-0.4, -0.2) is 15.7 Å². The molecule has 0 unspecified atom stereocenters. The number of anilines is 1. The highest BCUT2D eigenvalue weighted by molar-refractivity contribution is 7.99. The van der Waals surface area contributed by atoms with Gasteiger partial charge < -0.3 is 5.73 Å². The maximum atomic E-state index is 12.7. The Hall–Kier alpha value is -1.73. The molecule has 0 amide bonds. The summed E-state index contributed by atoms with van der Waals surface area (Å²) in [4.78, 5) is 8.18. The number of nitrogens with zero attached hydrogens (tertiary/aromatic N) is 2. The number of allylic oxidation sites excluding steroid dienone is 1. The summed E-state index contributed by atoms with van der Waals surface area (Å²) in [7, 11) is 0. The topological polar surface area (TPSA) is 51.8 Å². The van der Waals surface area contributed by atoms with Crippen LogP contribution >= 0.6 is 23.4 Å². The summed E-state index contributed by atoms with van der Waals surface area (Å²) in [5.41, 5.74) is 7.32. The van der Waals surface area contributed by atoms with Crippen molar-refractivity contribution in [2.75, 3.05) is 11.5 Å². The van der Waals surface area contributed by atoms with Crippen molar-refractivity contribution in [2.24, 2.45) is 0 Å². The summed E-state index contributed by atoms with van der Waals surface area (Å²) < 4.78 is 36.5. The Balaban J connectivity index is 2.07. The Kier molecular flexibility index (Phi) is 5.68. The molecule has 0 fully saturated rings. The maximum Gasteiger partial charge on any atom is 0.301 e. The third kappa shape index (κ3) is 4.38. The summed E-state index contributed by atoms with van der Waals surface area (Å²) in [6.45, 7) is 0. The minimum atomic E-state index is -2.29. The molecule has 3 nitrogen and oxygen atoms in total. The normalized spacial score (nSPS) is 10.5. The van der Waals surface area contributed by atoms with Crippen LogP contribution in [0.1, 0.15) is 6.42 Å². The molecule has 22 heavy (non-hydrogen) atoms. The van der Waals surface area contributed by atoms with Gasteiger partial charge in [-0.05, 0) is 17.7 Å². The standard InChI is InChI=1S/C14H11ClF3N3S/c15-9-3-1-8(2-4-9)10-7-20-14(21-13(10)19)22-6-5-11(16)12(17)18/h1-4,7H,5-6H2,(H2,19,20,21). The fourth-order valence-corrected chi connectivity index (χ4v) is 2.51. The van der Waals surface area contributed by atoms with Crippen molar-refractivity contribution in [2.45, 2.75) is 11.6 Å². The van der Waals surface area contributed by atoms with Gasteiger partial charge in [-0.3, -0.25) is 0 Å². The minimum Gasteiger partial charge on any atom is -0.383 e. The fraction of sp³-hybridized carbons (Fsp3) is 0.143. The third-order valence-electron chi connectivity index (χ3n) is 2.71. The Labute approximate surface area is 134 Å². The molecule has 1 aromatic carbocycles. The van der Waals surface area contributed by atoms with Gasteiger partial charge in [-0.15, -0.1) is 0 Å². The fourth-order valence-electron chi connectivity index (χ4n) is 1.63. The van der Waals surface area contributed by atoms with Gasteiger partial charge in [-0.1, -0.05) is 35.5 Å². The summed E-state index contributed by atoms with van der Waals surface area (Å²) >= 11 is 6.87. The van der Waals surface area contributed by atoms with Gasteiger partial charge in [0.25, 0.3) is 0 Å². The van der Waals surface area contributed by atoms with Crippen LogP contribution < -0.4 is 5.73 Å². The van der Waals surface area contributed by atoms with E-state index in [1.165, 1.54) is 6.20 Å². The van der Waals surface area contributed by atoms with Crippen molar-refractivity contribution >= 4 is 29.2 Å². The second-order valence-electron chi connectivity index (χ2n) is 4.22. The molecule has 8 heteroatoms. The number of aromatic nitrogens is 2. The third-order valence-corrected chi connectivity index (χ3v) is 3.82. The van der Waals surface area contributed by atoms with Crippen molar-refractivity contribution in [1.29, 1.82) is 0 Å². The van der Waals surface area contributed by atoms with E-state index in [-0.39, 0.29) is 18.0 Å². The molecular weight excluding hydrogens is 335 g/mol. The van der Waals surface area contributed by atoms with Gasteiger partial charge in [-0.25, -0.2) is 14.4 Å². The quantitative estimate of drug-likeness (QED) is 0.616. The zero-order valence-corrected chi connectivity index (χ0v) is 12.8. The van der Waals surface area contributed by atoms with Gasteiger partial charge in [0.2, 0.25) is 0 Å². The molecular formula is C14H11ClF3N3S. The second-order valence-corrected chi connectivity index (χ2v) is 5.72. The maximum absolute atomic E-state index is 12.7. The molecule has 0 atom stereocenters. The number of hydrogen-bond acceptors (Lipinski definition) is 4. The molecule has 0 radical (unpaired) electrons. The first kappa shape index (κ1) is 16.6. The average molecular weight is 346 g/mol. The second kappa shape index (κ2) is 7.51. The van der Waals surface area contributed by atoms with Gasteiger partial charge in [0.15, 0.2) is 11.0 Å². The predicted molar refractivity (Wildman–Crippen MR) is 82.6 cm³/mol. The van der Waals surface area contributed by atoms with E-state index in [2.05, 4.69) is 9.97 Å². The van der Waals surface area contributed by atoms with E-state index in [1.807, 2.05) is 0 Å². The molecule has 0 bridgehead atoms. The highest BCUT2D eigenvalue weighted by Crippen LogP contribution is 2.27. The van der Waals surface area contributed by atoms with Gasteiger partial charge in [0.05, 0.1) is 0 Å². The van der Waals surface area contributed by atoms with E-state index in [0.717, 1.165) is 17.3 Å². The predicted octanol–water partition coefficient (Wildman–Crippen LogP) is 4.94. The number of nitrogens with two attached hydrogens (primary N) is 1. The van der Waals surface area contributed by atoms with Crippen molar-refractivity contribution in [3.63, 3.8) is 0 Å². The number of halogens is 4. The molecule has 0 saturated heterocycles. The first-order chi connectivity index (χ1) is 10.5. The summed E-state index contributed by atoms with van der Waals surface area (Å²) in [6, 6.07) is 7.02. The Bertz CT molecular complexity index is 688. The molecule has 1 heterocycles. The van der Waals surface area contributed by atoms with Gasteiger partial charge >= 0.3 is 6.08 Å². The van der Waals surface area contributed by atoms with E-state index < -0.39 is 11.9 Å². The van der Waals surface area contributed by atoms with E-state index in [9.17, 15) is 13.2 Å². The van der Waals surface area contributed by atoms with E-state index >= 15 is 0 Å². The van der Waals surface area contributed by atoms with Crippen LogP contribution in [0.4, 0.5) is 19.0 Å². The molecule has 1 aromatic heterocycles. The van der Waals surface area contributed by atoms with Gasteiger partial charge in [0, 0.05) is 29.0 Å². The molecule has 0 aliphatic rings. The average Bonchev–Trinajstić information content (AvgIpc) is 2.48. The van der Waals surface area contributed by atoms with Crippen molar-refractivity contribution in [3.05, 3.63) is 47.4 Å². The van der Waals surface area contributed by atoms with Crippen LogP contribution in [0.25, 0.3) is 11.1 Å². The molecule has 0 aliphatic carbocycles. The molecule has 116 valence electrons. The van der Waals surface area contributed by atoms with Crippen LogP contribution in [0.15, 0.2) is 47.5 Å². The van der Waals surface area contributed by atoms with Gasteiger partial charge in [-0.2, -0.15) is 8.78 Å². The minimum absolute atomic E-state index is 0.100. The molecule has 0 saturated carbocycles. The largest absolute Gasteiger partial charge is 0.383 e. The Morgan fingerprint density at radius 3 is 2.45 bits per heavy atom. The number of rotatable bonds is 5. The molecule has 2 rings (SSSR count). The summed E-state index contributed by atoms with van der Waals surface area (Å²) in [6.07, 6.45) is -1.13. The lowest BCUT2D eigenvalue weighted by atomic mass is 10.1. The highest BCUT2D eigenvalue weighted by atomic mass is 35.5. The molecule has 0 spiro atoms. The van der Waals surface area contributed by atoms with Crippen LogP contribution in [0.5, 0.6) is 0 Å². The summed E-state index contributed by atoms with van der Waals surface area (Å²) in [5, 5.41) is 0.910. The van der Waals surface area contributed by atoms with Gasteiger partial charge in [0.1, 0.15) is 5.82 Å². The summed E-state index contributed by atoms with van der Waals surface area (Å²) in [5.74, 6) is -1.06. The van der Waals surface area contributed by atoms with E-state index in [1.54, 1.807) is 24.3 Å². The van der Waals surface area contributed by atoms with Crippen molar-refractivity contribution in [3.8, 4) is 11.1 Å². The lowest BCUT2D eigenvalue weighted by Crippen LogP contribution is -1.98. The van der Waals surface area contributed by atoms with Crippen LogP contribution in [-0.2, 0) is 0 Å². The van der Waals surface area contributed by atoms with E-state index in [0.29, 0.717) is 15.7 Å². The molecule has 2 aromatic rings. The van der Waals surface area contributed by atoms with E-state index in [4.69, 9.17) is 17.3 Å². The van der Waals surface area contributed by atoms with Crippen LogP contribution in [0.2, 0.25) is 5.02 Å². The molecule has 2 N–H and O–H groups in total. The number of hydrogen-bond donors (Lipinski definition) is 1. The highest BCUT2D eigenvalue weighted by Gasteiger charge is 2.09. The van der Waals surface area contributed by atoms with Crippen molar-refractivity contribution in [1.82, 2.24) is 9.97 Å². The van der Waals surface area contributed by atoms with Crippen molar-refractivity contribution < 1.29 is 13.2 Å². The Morgan fingerprint density at radius 2 is 1.86 bits per heavy atom. The first-order valence-electron chi connectivity index (χ1n) is 6.18. The first-order valence-corrected chi connectivity index (χ1v) is 7.54. The van der Waals surface area contributed by atoms with Crippen LogP contribution in [0.3, 0.4) is 0 Å². The zero-order valence-electron chi connectivity index (χ0n) is 11.2.